The Kier molecular flexibility index (Phi) is 5.03. The number of hydrogen-bond donors (Lipinski definition) is 2. The van der Waals surface area contributed by atoms with Crippen LogP contribution in [0.1, 0.15) is 40.9 Å². The first-order chi connectivity index (χ1) is 12.0. The van der Waals surface area contributed by atoms with Crippen LogP contribution in [0.4, 0.5) is 0 Å². The molecule has 130 valence electrons. The molecule has 3 rings (SSSR count). The number of rotatable bonds is 6. The van der Waals surface area contributed by atoms with E-state index in [9.17, 15) is 9.59 Å². The van der Waals surface area contributed by atoms with E-state index in [0.29, 0.717) is 17.2 Å². The summed E-state index contributed by atoms with van der Waals surface area (Å²) >= 11 is 0. The summed E-state index contributed by atoms with van der Waals surface area (Å²) in [6.45, 7) is 2.44. The van der Waals surface area contributed by atoms with Gasteiger partial charge in [0.15, 0.2) is 0 Å². The highest BCUT2D eigenvalue weighted by molar-refractivity contribution is 5.92. The van der Waals surface area contributed by atoms with E-state index in [1.165, 1.54) is 11.1 Å². The van der Waals surface area contributed by atoms with E-state index in [4.69, 9.17) is 10.5 Å². The predicted octanol–water partition coefficient (Wildman–Crippen LogP) is 2.60. The van der Waals surface area contributed by atoms with Gasteiger partial charge >= 0.3 is 0 Å². The molecule has 0 saturated carbocycles. The van der Waals surface area contributed by atoms with Crippen molar-refractivity contribution in [3.63, 3.8) is 0 Å². The maximum absolute atomic E-state index is 12.2. The molecule has 2 aromatic carbocycles. The molecule has 5 heteroatoms. The van der Waals surface area contributed by atoms with E-state index < -0.39 is 5.91 Å². The number of nitrogens with two attached hydrogens (primary N) is 1. The Morgan fingerprint density at radius 3 is 2.60 bits per heavy atom. The first-order valence-electron chi connectivity index (χ1n) is 8.44. The van der Waals surface area contributed by atoms with E-state index in [1.807, 2.05) is 12.1 Å². The third kappa shape index (κ3) is 3.99. The zero-order valence-corrected chi connectivity index (χ0v) is 14.2. The topological polar surface area (TPSA) is 81.4 Å². The van der Waals surface area contributed by atoms with Gasteiger partial charge in [-0.2, -0.15) is 0 Å². The predicted molar refractivity (Wildman–Crippen MR) is 95.3 cm³/mol. The first-order valence-corrected chi connectivity index (χ1v) is 8.44. The Bertz CT molecular complexity index is 771. The average Bonchev–Trinajstić information content (AvgIpc) is 2.91. The fraction of sp³-hybridized carbons (Fsp3) is 0.300. The van der Waals surface area contributed by atoms with Crippen LogP contribution < -0.4 is 15.8 Å². The smallest absolute Gasteiger partial charge is 0.248 e. The number of ether oxygens (including phenoxy) is 1. The molecule has 0 aliphatic heterocycles. The van der Waals surface area contributed by atoms with Crippen LogP contribution in [0, 0.1) is 5.92 Å². The summed E-state index contributed by atoms with van der Waals surface area (Å²) in [5, 5.41) is 3.12. The van der Waals surface area contributed by atoms with E-state index >= 15 is 0 Å². The zero-order valence-electron chi connectivity index (χ0n) is 14.2. The largest absolute Gasteiger partial charge is 0.493 e. The van der Waals surface area contributed by atoms with Crippen LogP contribution in [0.2, 0.25) is 0 Å². The molecular formula is C20H22N2O3. The summed E-state index contributed by atoms with van der Waals surface area (Å²) in [6.07, 6.45) is 1.27. The van der Waals surface area contributed by atoms with Crippen molar-refractivity contribution < 1.29 is 14.3 Å². The quantitative estimate of drug-likeness (QED) is 0.849. The Hall–Kier alpha value is -2.82. The molecule has 2 atom stereocenters. The summed E-state index contributed by atoms with van der Waals surface area (Å²) in [4.78, 5) is 23.3. The van der Waals surface area contributed by atoms with Crippen molar-refractivity contribution in [1.29, 1.82) is 0 Å². The monoisotopic (exact) mass is 338 g/mol. The van der Waals surface area contributed by atoms with Gasteiger partial charge in [0.1, 0.15) is 5.75 Å². The van der Waals surface area contributed by atoms with Crippen LogP contribution in [0.3, 0.4) is 0 Å². The molecule has 2 aromatic rings. The molecule has 0 saturated heterocycles. The highest BCUT2D eigenvalue weighted by Gasteiger charge is 2.29. The molecule has 0 bridgehead atoms. The molecule has 0 aromatic heterocycles. The Morgan fingerprint density at radius 2 is 1.88 bits per heavy atom. The van der Waals surface area contributed by atoms with Crippen molar-refractivity contribution in [2.24, 2.45) is 11.7 Å². The molecule has 1 aliphatic carbocycles. The average molecular weight is 338 g/mol. The van der Waals surface area contributed by atoms with Crippen molar-refractivity contribution in [2.75, 3.05) is 6.61 Å². The van der Waals surface area contributed by atoms with E-state index in [-0.39, 0.29) is 25.0 Å². The second kappa shape index (κ2) is 7.38. The Morgan fingerprint density at radius 1 is 1.16 bits per heavy atom. The molecular weight excluding hydrogens is 316 g/mol. The standard InChI is InChI=1S/C20H22N2O3/c1-13-12-15-4-2-3-5-17(15)19(13)22-18(23)10-11-25-16-8-6-14(7-9-16)20(21)24/h2-9,13,19H,10-12H2,1H3,(H2,21,24)(H,22,23)/t13-,19+/m0/s1. The molecule has 0 heterocycles. The second-order valence-corrected chi connectivity index (χ2v) is 6.41. The number of primary amides is 1. The zero-order chi connectivity index (χ0) is 17.8. The minimum absolute atomic E-state index is 0.0256. The third-order valence-corrected chi connectivity index (χ3v) is 4.55. The number of benzene rings is 2. The molecule has 0 radical (unpaired) electrons. The summed E-state index contributed by atoms with van der Waals surface area (Å²) in [5.74, 6) is 0.500. The van der Waals surface area contributed by atoms with Gasteiger partial charge in [-0.3, -0.25) is 9.59 Å². The normalized spacial score (nSPS) is 18.4. The van der Waals surface area contributed by atoms with Crippen LogP contribution in [-0.2, 0) is 11.2 Å². The van der Waals surface area contributed by atoms with Crippen molar-refractivity contribution in [2.45, 2.75) is 25.8 Å². The van der Waals surface area contributed by atoms with Gasteiger partial charge in [-0.25, -0.2) is 0 Å². The van der Waals surface area contributed by atoms with Crippen LogP contribution in [0.5, 0.6) is 5.75 Å². The molecule has 5 nitrogen and oxygen atoms in total. The van der Waals surface area contributed by atoms with Crippen molar-refractivity contribution in [3.05, 3.63) is 65.2 Å². The van der Waals surface area contributed by atoms with E-state index in [1.54, 1.807) is 24.3 Å². The van der Waals surface area contributed by atoms with Gasteiger partial charge in [0.2, 0.25) is 11.8 Å². The molecule has 3 N–H and O–H groups in total. The number of carbonyl (C=O) groups is 2. The Labute approximate surface area is 147 Å². The van der Waals surface area contributed by atoms with Gasteiger partial charge in [-0.1, -0.05) is 31.2 Å². The first kappa shape index (κ1) is 17.0. The van der Waals surface area contributed by atoms with Gasteiger partial charge in [-0.05, 0) is 47.7 Å². The maximum atomic E-state index is 12.2. The van der Waals surface area contributed by atoms with E-state index in [2.05, 4.69) is 24.4 Å². The molecule has 0 unspecified atom stereocenters. The summed E-state index contributed by atoms with van der Waals surface area (Å²) in [7, 11) is 0. The third-order valence-electron chi connectivity index (χ3n) is 4.55. The molecule has 2 amide bonds. The number of carbonyl (C=O) groups excluding carboxylic acids is 2. The minimum atomic E-state index is -0.475. The number of nitrogens with one attached hydrogen (secondary N) is 1. The second-order valence-electron chi connectivity index (χ2n) is 6.41. The van der Waals surface area contributed by atoms with Gasteiger partial charge in [0.05, 0.1) is 19.1 Å². The molecule has 1 aliphatic rings. The lowest BCUT2D eigenvalue weighted by Gasteiger charge is -2.19. The van der Waals surface area contributed by atoms with Crippen LogP contribution in [0.15, 0.2) is 48.5 Å². The van der Waals surface area contributed by atoms with Crippen LogP contribution in [0.25, 0.3) is 0 Å². The van der Waals surface area contributed by atoms with Crippen molar-refractivity contribution in [3.8, 4) is 5.75 Å². The fourth-order valence-electron chi connectivity index (χ4n) is 3.24. The van der Waals surface area contributed by atoms with Crippen LogP contribution >= 0.6 is 0 Å². The highest BCUT2D eigenvalue weighted by Crippen LogP contribution is 2.35. The number of hydrogen-bond acceptors (Lipinski definition) is 3. The maximum Gasteiger partial charge on any atom is 0.248 e. The molecule has 0 spiro atoms. The van der Waals surface area contributed by atoms with Crippen LogP contribution in [-0.4, -0.2) is 18.4 Å². The fourth-order valence-corrected chi connectivity index (χ4v) is 3.24. The van der Waals surface area contributed by atoms with Gasteiger partial charge in [-0.15, -0.1) is 0 Å². The van der Waals surface area contributed by atoms with Crippen molar-refractivity contribution in [1.82, 2.24) is 5.32 Å². The number of fused-ring (bicyclic) bond motifs is 1. The van der Waals surface area contributed by atoms with Crippen molar-refractivity contribution >= 4 is 11.8 Å². The summed E-state index contributed by atoms with van der Waals surface area (Å²) in [5.41, 5.74) is 8.15. The lowest BCUT2D eigenvalue weighted by molar-refractivity contribution is -0.122. The SMILES string of the molecule is C[C@H]1Cc2ccccc2[C@@H]1NC(=O)CCOc1ccc(C(N)=O)cc1. The summed E-state index contributed by atoms with van der Waals surface area (Å²) in [6, 6.07) is 14.9. The Balaban J connectivity index is 1.49. The molecule has 25 heavy (non-hydrogen) atoms. The minimum Gasteiger partial charge on any atom is -0.493 e. The lowest BCUT2D eigenvalue weighted by atomic mass is 10.0. The van der Waals surface area contributed by atoms with Gasteiger partial charge < -0.3 is 15.8 Å². The highest BCUT2D eigenvalue weighted by atomic mass is 16.5. The lowest BCUT2D eigenvalue weighted by Crippen LogP contribution is -2.31. The van der Waals surface area contributed by atoms with Gasteiger partial charge in [0, 0.05) is 5.56 Å². The van der Waals surface area contributed by atoms with E-state index in [0.717, 1.165) is 6.42 Å². The number of amides is 2. The van der Waals surface area contributed by atoms with Gasteiger partial charge in [0.25, 0.3) is 0 Å². The molecule has 0 fully saturated rings. The summed E-state index contributed by atoms with van der Waals surface area (Å²) < 4.78 is 5.56.